The summed E-state index contributed by atoms with van der Waals surface area (Å²) in [5.41, 5.74) is 2.51. The van der Waals surface area contributed by atoms with E-state index in [0.717, 1.165) is 0 Å². The Kier molecular flexibility index (Phi) is 7.34. The third kappa shape index (κ3) is 5.20. The molecule has 0 aliphatic rings. The van der Waals surface area contributed by atoms with Crippen molar-refractivity contribution < 1.29 is 33.3 Å². The van der Waals surface area contributed by atoms with Crippen LogP contribution >= 0.6 is 0 Å². The Morgan fingerprint density at radius 3 is 2.05 bits per heavy atom. The first-order chi connectivity index (χ1) is 17.9. The molecule has 9 heteroatoms. The summed E-state index contributed by atoms with van der Waals surface area (Å²) < 4.78 is 20.4. The Bertz CT molecular complexity index is 1480. The fraction of sp³-hybridized carbons (Fsp3) is 0.143. The Labute approximate surface area is 212 Å². The van der Waals surface area contributed by atoms with Crippen LogP contribution in [0, 0.1) is 0 Å². The number of carbonyl (C=O) groups is 3. The molecule has 1 aromatic heterocycles. The van der Waals surface area contributed by atoms with Gasteiger partial charge in [-0.25, -0.2) is 14.6 Å². The third-order valence-corrected chi connectivity index (χ3v) is 5.68. The number of anilines is 1. The minimum absolute atomic E-state index is 0.0870. The van der Waals surface area contributed by atoms with Crippen LogP contribution in [0.15, 0.2) is 66.7 Å². The highest BCUT2D eigenvalue weighted by Crippen LogP contribution is 2.34. The van der Waals surface area contributed by atoms with Gasteiger partial charge in [-0.05, 0) is 42.5 Å². The van der Waals surface area contributed by atoms with E-state index in [4.69, 9.17) is 23.9 Å². The van der Waals surface area contributed by atoms with Crippen LogP contribution in [0.1, 0.15) is 31.1 Å². The van der Waals surface area contributed by atoms with E-state index >= 15 is 0 Å². The highest BCUT2D eigenvalue weighted by atomic mass is 16.5. The average molecular weight is 501 g/mol. The molecule has 0 spiro atoms. The molecular weight excluding hydrogens is 476 g/mol. The highest BCUT2D eigenvalue weighted by Gasteiger charge is 2.19. The second-order valence-electron chi connectivity index (χ2n) is 7.87. The van der Waals surface area contributed by atoms with E-state index < -0.39 is 17.8 Å². The van der Waals surface area contributed by atoms with E-state index in [2.05, 4.69) is 5.32 Å². The number of aromatic nitrogens is 1. The summed E-state index contributed by atoms with van der Waals surface area (Å²) >= 11 is 0. The molecule has 1 N–H and O–H groups in total. The van der Waals surface area contributed by atoms with E-state index in [1.807, 2.05) is 12.1 Å². The van der Waals surface area contributed by atoms with E-state index in [1.165, 1.54) is 32.4 Å². The number of methoxy groups -OCH3 is 4. The SMILES string of the molecule is COC(=O)c1cc(NC(=O)c2cc(-c3ccc(OC)cc3OC)nc3ccccc23)cc(C(=O)OC)c1. The minimum Gasteiger partial charge on any atom is -0.497 e. The molecule has 0 unspecified atom stereocenters. The number of hydrogen-bond acceptors (Lipinski definition) is 8. The lowest BCUT2D eigenvalue weighted by Gasteiger charge is -2.14. The van der Waals surface area contributed by atoms with Crippen LogP contribution in [-0.2, 0) is 9.47 Å². The quantitative estimate of drug-likeness (QED) is 0.362. The van der Waals surface area contributed by atoms with E-state index in [9.17, 15) is 14.4 Å². The van der Waals surface area contributed by atoms with Gasteiger partial charge >= 0.3 is 11.9 Å². The number of benzene rings is 3. The van der Waals surface area contributed by atoms with Crippen LogP contribution < -0.4 is 14.8 Å². The van der Waals surface area contributed by atoms with Crippen LogP contribution in [0.25, 0.3) is 22.2 Å². The molecule has 4 rings (SSSR count). The first-order valence-electron chi connectivity index (χ1n) is 11.1. The molecule has 0 bridgehead atoms. The van der Waals surface area contributed by atoms with Gasteiger partial charge in [-0.15, -0.1) is 0 Å². The normalized spacial score (nSPS) is 10.5. The van der Waals surface area contributed by atoms with Crippen molar-refractivity contribution in [1.82, 2.24) is 4.98 Å². The van der Waals surface area contributed by atoms with Crippen LogP contribution in [0.5, 0.6) is 11.5 Å². The van der Waals surface area contributed by atoms with Crippen molar-refractivity contribution in [3.63, 3.8) is 0 Å². The first kappa shape index (κ1) is 25.2. The summed E-state index contributed by atoms with van der Waals surface area (Å²) in [5.74, 6) is -0.646. The van der Waals surface area contributed by atoms with Crippen molar-refractivity contribution in [1.29, 1.82) is 0 Å². The Balaban J connectivity index is 1.81. The summed E-state index contributed by atoms with van der Waals surface area (Å²) in [7, 11) is 5.55. The summed E-state index contributed by atoms with van der Waals surface area (Å²) in [6.45, 7) is 0. The predicted molar refractivity (Wildman–Crippen MR) is 137 cm³/mol. The van der Waals surface area contributed by atoms with Gasteiger partial charge in [0.25, 0.3) is 5.91 Å². The van der Waals surface area contributed by atoms with Gasteiger partial charge in [0, 0.05) is 22.7 Å². The number of hydrogen-bond donors (Lipinski definition) is 1. The van der Waals surface area contributed by atoms with E-state index in [1.54, 1.807) is 50.6 Å². The molecule has 0 radical (unpaired) electrons. The van der Waals surface area contributed by atoms with Gasteiger partial charge in [0.1, 0.15) is 11.5 Å². The maximum Gasteiger partial charge on any atom is 0.337 e. The zero-order valence-electron chi connectivity index (χ0n) is 20.7. The number of rotatable bonds is 7. The fourth-order valence-electron chi connectivity index (χ4n) is 3.88. The molecule has 0 aliphatic carbocycles. The second kappa shape index (κ2) is 10.8. The van der Waals surface area contributed by atoms with Gasteiger partial charge in [0.05, 0.1) is 56.3 Å². The standard InChI is InChI=1S/C28H24N2O7/c1-34-19-9-10-21(25(14-19)35-2)24-15-22(20-7-5-6-8-23(20)30-24)26(31)29-18-12-16(27(32)36-3)11-17(13-18)28(33)37-4/h5-15H,1-4H3,(H,29,31). The van der Waals surface area contributed by atoms with E-state index in [0.29, 0.717) is 39.2 Å². The Morgan fingerprint density at radius 2 is 1.43 bits per heavy atom. The third-order valence-electron chi connectivity index (χ3n) is 5.68. The van der Waals surface area contributed by atoms with Gasteiger partial charge in [-0.3, -0.25) is 4.79 Å². The van der Waals surface area contributed by atoms with Crippen molar-refractivity contribution in [2.45, 2.75) is 0 Å². The molecule has 0 atom stereocenters. The number of nitrogens with zero attached hydrogens (tertiary/aromatic N) is 1. The second-order valence-corrected chi connectivity index (χ2v) is 7.87. The van der Waals surface area contributed by atoms with Gasteiger partial charge < -0.3 is 24.3 Å². The van der Waals surface area contributed by atoms with Crippen molar-refractivity contribution in [3.8, 4) is 22.8 Å². The average Bonchev–Trinajstić information content (AvgIpc) is 2.94. The lowest BCUT2D eigenvalue weighted by molar-refractivity contribution is 0.0599. The monoisotopic (exact) mass is 500 g/mol. The molecule has 1 amide bonds. The maximum atomic E-state index is 13.5. The molecule has 0 fully saturated rings. The number of amides is 1. The molecule has 3 aromatic carbocycles. The number of carbonyl (C=O) groups excluding carboxylic acids is 3. The molecule has 0 saturated carbocycles. The summed E-state index contributed by atoms with van der Waals surface area (Å²) in [6.07, 6.45) is 0. The van der Waals surface area contributed by atoms with Gasteiger partial charge in [-0.2, -0.15) is 0 Å². The molecular formula is C28H24N2O7. The zero-order chi connectivity index (χ0) is 26.5. The van der Waals surface area contributed by atoms with Gasteiger partial charge in [-0.1, -0.05) is 18.2 Å². The lowest BCUT2D eigenvalue weighted by Crippen LogP contribution is -2.15. The zero-order valence-corrected chi connectivity index (χ0v) is 20.7. The van der Waals surface area contributed by atoms with Crippen LogP contribution in [0.3, 0.4) is 0 Å². The highest BCUT2D eigenvalue weighted by molar-refractivity contribution is 6.13. The number of para-hydroxylation sites is 1. The van der Waals surface area contributed by atoms with Crippen molar-refractivity contribution in [2.24, 2.45) is 0 Å². The van der Waals surface area contributed by atoms with Crippen LogP contribution in [0.4, 0.5) is 5.69 Å². The fourth-order valence-corrected chi connectivity index (χ4v) is 3.88. The summed E-state index contributed by atoms with van der Waals surface area (Å²) in [4.78, 5) is 42.6. The van der Waals surface area contributed by atoms with E-state index in [-0.39, 0.29) is 16.8 Å². The topological polar surface area (TPSA) is 113 Å². The number of fused-ring (bicyclic) bond motifs is 1. The lowest BCUT2D eigenvalue weighted by atomic mass is 10.0. The smallest absolute Gasteiger partial charge is 0.337 e. The molecule has 9 nitrogen and oxygen atoms in total. The van der Waals surface area contributed by atoms with Gasteiger partial charge in [0.15, 0.2) is 0 Å². The van der Waals surface area contributed by atoms with Crippen molar-refractivity contribution in [3.05, 3.63) is 83.4 Å². The van der Waals surface area contributed by atoms with Crippen LogP contribution in [0.2, 0.25) is 0 Å². The molecule has 0 aliphatic heterocycles. The first-order valence-corrected chi connectivity index (χ1v) is 11.1. The van der Waals surface area contributed by atoms with Crippen LogP contribution in [-0.4, -0.2) is 51.3 Å². The number of pyridine rings is 1. The predicted octanol–water partition coefficient (Wildman–Crippen LogP) is 4.74. The summed E-state index contributed by atoms with van der Waals surface area (Å²) in [5, 5.41) is 3.40. The Hall–Kier alpha value is -4.92. The molecule has 1 heterocycles. The number of ether oxygens (including phenoxy) is 4. The maximum absolute atomic E-state index is 13.5. The molecule has 4 aromatic rings. The van der Waals surface area contributed by atoms with Gasteiger partial charge in [0.2, 0.25) is 0 Å². The number of nitrogens with one attached hydrogen (secondary N) is 1. The Morgan fingerprint density at radius 1 is 0.757 bits per heavy atom. The largest absolute Gasteiger partial charge is 0.497 e. The molecule has 188 valence electrons. The number of esters is 2. The van der Waals surface area contributed by atoms with Crippen molar-refractivity contribution in [2.75, 3.05) is 33.8 Å². The molecule has 0 saturated heterocycles. The minimum atomic E-state index is -0.663. The van der Waals surface area contributed by atoms with Crippen molar-refractivity contribution >= 4 is 34.4 Å². The molecule has 37 heavy (non-hydrogen) atoms. The summed E-state index contributed by atoms with van der Waals surface area (Å²) in [6, 6.07) is 18.4.